The van der Waals surface area contributed by atoms with Gasteiger partial charge in [0.15, 0.2) is 0 Å². The van der Waals surface area contributed by atoms with E-state index in [2.05, 4.69) is 0 Å². The van der Waals surface area contributed by atoms with Crippen LogP contribution in [0.4, 0.5) is 0 Å². The molecule has 0 atom stereocenters. The Bertz CT molecular complexity index is 260. The molecule has 0 unspecified atom stereocenters. The van der Waals surface area contributed by atoms with E-state index >= 15 is 0 Å². The van der Waals surface area contributed by atoms with Gasteiger partial charge < -0.3 is 5.11 Å². The van der Waals surface area contributed by atoms with Gasteiger partial charge in [0.05, 0.1) is 6.61 Å². The zero-order chi connectivity index (χ0) is 8.65. The topological polar surface area (TPSA) is 20.2 Å². The molecule has 0 heterocycles. The predicted molar refractivity (Wildman–Crippen MR) is 51.7 cm³/mol. The van der Waals surface area contributed by atoms with E-state index in [1.807, 2.05) is 48.6 Å². The summed E-state index contributed by atoms with van der Waals surface area (Å²) in [7, 11) is 0. The molecule has 1 aromatic rings. The molecule has 0 aliphatic carbocycles. The summed E-state index contributed by atoms with van der Waals surface area (Å²) in [6, 6.07) is 10.0. The number of aliphatic hydroxyl groups excluding tert-OH is 1. The van der Waals surface area contributed by atoms with Crippen LogP contribution < -0.4 is 0 Å². The molecule has 62 valence electrons. The van der Waals surface area contributed by atoms with Crippen LogP contribution in [0.25, 0.3) is 6.08 Å². The van der Waals surface area contributed by atoms with Crippen LogP contribution in [-0.4, -0.2) is 11.7 Å². The molecule has 0 radical (unpaired) electrons. The van der Waals surface area contributed by atoms with Crippen LogP contribution in [-0.2, 0) is 0 Å². The first kappa shape index (κ1) is 8.75. The lowest BCUT2D eigenvalue weighted by Gasteiger charge is -1.87. The Kier molecular flexibility index (Phi) is 3.89. The van der Waals surface area contributed by atoms with Crippen molar-refractivity contribution >= 4 is 6.08 Å². The molecule has 1 rings (SSSR count). The normalized spacial score (nSPS) is 11.4. The highest BCUT2D eigenvalue weighted by atomic mass is 16.2. The average Bonchev–Trinajstić information content (AvgIpc) is 2.14. The maximum Gasteiger partial charge on any atom is 0.0615 e. The van der Waals surface area contributed by atoms with Crippen molar-refractivity contribution in [2.75, 3.05) is 6.61 Å². The lowest BCUT2D eigenvalue weighted by Crippen LogP contribution is -1.69. The number of aliphatic hydroxyl groups is 1. The minimum atomic E-state index is 0.0964. The molecule has 1 heteroatoms. The predicted octanol–water partition coefficient (Wildman–Crippen LogP) is 2.25. The van der Waals surface area contributed by atoms with Crippen LogP contribution in [0.5, 0.6) is 0 Å². The van der Waals surface area contributed by atoms with Gasteiger partial charge >= 0.3 is 0 Å². The fraction of sp³-hybridized carbons (Fsp3) is 0.0909. The van der Waals surface area contributed by atoms with E-state index in [1.165, 1.54) is 5.56 Å². The number of hydrogen-bond acceptors (Lipinski definition) is 1. The van der Waals surface area contributed by atoms with E-state index in [0.717, 1.165) is 0 Å². The highest BCUT2D eigenvalue weighted by Crippen LogP contribution is 2.00. The summed E-state index contributed by atoms with van der Waals surface area (Å²) < 4.78 is 0. The zero-order valence-electron chi connectivity index (χ0n) is 6.85. The third-order valence-corrected chi connectivity index (χ3v) is 1.44. The molecule has 0 saturated carbocycles. The van der Waals surface area contributed by atoms with Crippen molar-refractivity contribution in [3.8, 4) is 0 Å². The van der Waals surface area contributed by atoms with E-state index in [4.69, 9.17) is 5.11 Å². The highest BCUT2D eigenvalue weighted by molar-refractivity contribution is 5.50. The smallest absolute Gasteiger partial charge is 0.0615 e. The minimum Gasteiger partial charge on any atom is -0.392 e. The van der Waals surface area contributed by atoms with Crippen molar-refractivity contribution in [2.45, 2.75) is 0 Å². The largest absolute Gasteiger partial charge is 0.392 e. The van der Waals surface area contributed by atoms with E-state index < -0.39 is 0 Å². The zero-order valence-corrected chi connectivity index (χ0v) is 6.85. The second-order valence-corrected chi connectivity index (χ2v) is 2.38. The van der Waals surface area contributed by atoms with Gasteiger partial charge in [-0.3, -0.25) is 0 Å². The van der Waals surface area contributed by atoms with E-state index in [-0.39, 0.29) is 6.61 Å². The van der Waals surface area contributed by atoms with E-state index in [1.54, 1.807) is 6.08 Å². The first-order chi connectivity index (χ1) is 5.93. The quantitative estimate of drug-likeness (QED) is 0.672. The summed E-state index contributed by atoms with van der Waals surface area (Å²) >= 11 is 0. The lowest BCUT2D eigenvalue weighted by molar-refractivity contribution is 0.343. The third-order valence-electron chi connectivity index (χ3n) is 1.44. The molecular weight excluding hydrogens is 148 g/mol. The van der Waals surface area contributed by atoms with E-state index in [0.29, 0.717) is 0 Å². The Hall–Kier alpha value is -1.34. The summed E-state index contributed by atoms with van der Waals surface area (Å²) in [5.74, 6) is 0. The van der Waals surface area contributed by atoms with Crippen molar-refractivity contribution in [2.24, 2.45) is 0 Å². The number of rotatable bonds is 3. The monoisotopic (exact) mass is 160 g/mol. The van der Waals surface area contributed by atoms with Crippen molar-refractivity contribution in [3.05, 3.63) is 54.1 Å². The number of allylic oxidation sites excluding steroid dienone is 2. The first-order valence-corrected chi connectivity index (χ1v) is 3.92. The third kappa shape index (κ3) is 3.17. The average molecular weight is 160 g/mol. The van der Waals surface area contributed by atoms with Gasteiger partial charge in [-0.2, -0.15) is 0 Å². The Morgan fingerprint density at radius 2 is 1.83 bits per heavy atom. The Labute approximate surface area is 72.7 Å². The van der Waals surface area contributed by atoms with Crippen LogP contribution in [0.3, 0.4) is 0 Å². The summed E-state index contributed by atoms with van der Waals surface area (Å²) in [4.78, 5) is 0. The highest BCUT2D eigenvalue weighted by Gasteiger charge is 1.78. The molecule has 12 heavy (non-hydrogen) atoms. The second kappa shape index (κ2) is 5.33. The Morgan fingerprint density at radius 1 is 1.08 bits per heavy atom. The standard InChI is InChI=1S/C11H12O/c12-10-6-2-5-9-11-7-3-1-4-8-11/h1-9,12H,10H2/b6-2?,9-5+. The molecule has 1 aromatic carbocycles. The van der Waals surface area contributed by atoms with Gasteiger partial charge in [-0.05, 0) is 5.56 Å². The number of benzene rings is 1. The molecule has 0 fully saturated rings. The van der Waals surface area contributed by atoms with Gasteiger partial charge in [0, 0.05) is 0 Å². The molecule has 0 aliphatic heterocycles. The van der Waals surface area contributed by atoms with Crippen LogP contribution in [0.2, 0.25) is 0 Å². The number of hydrogen-bond donors (Lipinski definition) is 1. The van der Waals surface area contributed by atoms with Gasteiger partial charge in [0.25, 0.3) is 0 Å². The van der Waals surface area contributed by atoms with Gasteiger partial charge in [0.1, 0.15) is 0 Å². The SMILES string of the molecule is OCC=C/C=C/c1ccccc1. The molecule has 0 aromatic heterocycles. The first-order valence-electron chi connectivity index (χ1n) is 3.92. The molecule has 0 aliphatic rings. The Balaban J connectivity index is 2.52. The van der Waals surface area contributed by atoms with E-state index in [9.17, 15) is 0 Å². The summed E-state index contributed by atoms with van der Waals surface area (Å²) in [5, 5.41) is 8.44. The van der Waals surface area contributed by atoms with Gasteiger partial charge in [-0.25, -0.2) is 0 Å². The minimum absolute atomic E-state index is 0.0964. The molecule has 0 saturated heterocycles. The second-order valence-electron chi connectivity index (χ2n) is 2.38. The summed E-state index contributed by atoms with van der Waals surface area (Å²) in [6.07, 6.45) is 7.42. The van der Waals surface area contributed by atoms with Crippen LogP contribution >= 0.6 is 0 Å². The molecule has 1 nitrogen and oxygen atoms in total. The summed E-state index contributed by atoms with van der Waals surface area (Å²) in [6.45, 7) is 0.0964. The lowest BCUT2D eigenvalue weighted by atomic mass is 10.2. The summed E-state index contributed by atoms with van der Waals surface area (Å²) in [5.41, 5.74) is 1.17. The maximum absolute atomic E-state index is 8.44. The van der Waals surface area contributed by atoms with Gasteiger partial charge in [-0.1, -0.05) is 54.6 Å². The molecule has 0 amide bonds. The maximum atomic E-state index is 8.44. The van der Waals surface area contributed by atoms with Crippen LogP contribution in [0.1, 0.15) is 5.56 Å². The van der Waals surface area contributed by atoms with Gasteiger partial charge in [0.2, 0.25) is 0 Å². The molecule has 0 spiro atoms. The molecule has 0 bridgehead atoms. The Morgan fingerprint density at radius 3 is 2.50 bits per heavy atom. The van der Waals surface area contributed by atoms with Crippen molar-refractivity contribution in [1.29, 1.82) is 0 Å². The van der Waals surface area contributed by atoms with Gasteiger partial charge in [-0.15, -0.1) is 0 Å². The van der Waals surface area contributed by atoms with Crippen LogP contribution in [0.15, 0.2) is 48.6 Å². The van der Waals surface area contributed by atoms with Crippen molar-refractivity contribution < 1.29 is 5.11 Å². The van der Waals surface area contributed by atoms with Crippen molar-refractivity contribution in [3.63, 3.8) is 0 Å². The van der Waals surface area contributed by atoms with Crippen molar-refractivity contribution in [1.82, 2.24) is 0 Å². The fourth-order valence-corrected chi connectivity index (χ4v) is 0.870. The molecule has 1 N–H and O–H groups in total. The molecular formula is C11H12O. The van der Waals surface area contributed by atoms with Crippen LogP contribution in [0, 0.1) is 0 Å². The fourth-order valence-electron chi connectivity index (χ4n) is 0.870.